The fourth-order valence-electron chi connectivity index (χ4n) is 3.62. The number of nitrogens with zero attached hydrogens (tertiary/aromatic N) is 4. The highest BCUT2D eigenvalue weighted by molar-refractivity contribution is 7.89. The fourth-order valence-corrected chi connectivity index (χ4v) is 6.67. The van der Waals surface area contributed by atoms with Gasteiger partial charge in [-0.2, -0.15) is 13.7 Å². The maximum absolute atomic E-state index is 13.4. The Morgan fingerprint density at radius 1 is 0.857 bits per heavy atom. The Hall–Kier alpha value is -3.45. The summed E-state index contributed by atoms with van der Waals surface area (Å²) in [6.07, 6.45) is 4.51. The highest BCUT2D eigenvalue weighted by atomic mass is 32.2. The zero-order valence-electron chi connectivity index (χ0n) is 18.5. The molecule has 1 N–H and O–H groups in total. The Morgan fingerprint density at radius 2 is 1.43 bits per heavy atom. The smallest absolute Gasteiger partial charge is 0.259 e. The average Bonchev–Trinajstić information content (AvgIpc) is 2.90. The highest BCUT2D eigenvalue weighted by Gasteiger charge is 2.43. The molecule has 0 unspecified atom stereocenters. The number of benzene rings is 2. The van der Waals surface area contributed by atoms with Crippen LogP contribution in [-0.2, 0) is 24.8 Å². The third-order valence-electron chi connectivity index (χ3n) is 5.42. The molecule has 0 saturated carbocycles. The molecule has 1 amide bonds. The summed E-state index contributed by atoms with van der Waals surface area (Å²) in [5.41, 5.74) is 3.02. The van der Waals surface area contributed by atoms with E-state index < -0.39 is 32.0 Å². The van der Waals surface area contributed by atoms with Crippen LogP contribution in [0.1, 0.15) is 5.56 Å². The predicted molar refractivity (Wildman–Crippen MR) is 129 cm³/mol. The van der Waals surface area contributed by atoms with E-state index in [0.29, 0.717) is 5.56 Å². The predicted octanol–water partition coefficient (Wildman–Crippen LogP) is 1.30. The lowest BCUT2D eigenvalue weighted by Gasteiger charge is -2.38. The van der Waals surface area contributed by atoms with Gasteiger partial charge in [-0.3, -0.25) is 9.78 Å². The Balaban J connectivity index is 1.63. The summed E-state index contributed by atoms with van der Waals surface area (Å²) in [7, 11) is -8.02. The number of pyridine rings is 1. The summed E-state index contributed by atoms with van der Waals surface area (Å²) in [6.45, 7) is -0.664. The summed E-state index contributed by atoms with van der Waals surface area (Å²) in [6, 6.07) is 17.5. The number of rotatable bonds is 7. The standard InChI is InChI=1S/C23H23N5O5S2/c29-23(26-25-17-19-11-13-24-14-12-19)22-18-27(34(30,31)20-7-3-1-4-8-20)15-16-28(22)35(32,33)21-9-5-2-6-10-21/h1-14,17,22H,15-16,18H2,(H,26,29)/b25-17-/t22-/m1/s1. The van der Waals surface area contributed by atoms with E-state index in [9.17, 15) is 21.6 Å². The lowest BCUT2D eigenvalue weighted by molar-refractivity contribution is -0.125. The van der Waals surface area contributed by atoms with Gasteiger partial charge in [0.15, 0.2) is 0 Å². The minimum Gasteiger partial charge on any atom is -0.271 e. The quantitative estimate of drug-likeness (QED) is 0.375. The van der Waals surface area contributed by atoms with E-state index in [1.54, 1.807) is 60.9 Å². The molecule has 1 fully saturated rings. The lowest BCUT2D eigenvalue weighted by atomic mass is 10.2. The van der Waals surface area contributed by atoms with E-state index in [1.165, 1.54) is 30.5 Å². The average molecular weight is 514 g/mol. The first-order chi connectivity index (χ1) is 16.8. The molecule has 2 aromatic carbocycles. The number of hydrogen-bond donors (Lipinski definition) is 1. The number of aromatic nitrogens is 1. The van der Waals surface area contributed by atoms with E-state index in [1.807, 2.05) is 0 Å². The fraction of sp³-hybridized carbons (Fsp3) is 0.174. The molecule has 0 bridgehead atoms. The van der Waals surface area contributed by atoms with Crippen LogP contribution in [0.25, 0.3) is 0 Å². The van der Waals surface area contributed by atoms with Crippen LogP contribution in [0.3, 0.4) is 0 Å². The van der Waals surface area contributed by atoms with E-state index in [0.717, 1.165) is 8.61 Å². The molecule has 3 aromatic rings. The van der Waals surface area contributed by atoms with Crippen molar-refractivity contribution in [2.75, 3.05) is 19.6 Å². The van der Waals surface area contributed by atoms with Gasteiger partial charge < -0.3 is 0 Å². The second-order valence-corrected chi connectivity index (χ2v) is 11.5. The first-order valence-corrected chi connectivity index (χ1v) is 13.5. The number of nitrogens with one attached hydrogen (secondary N) is 1. The van der Waals surface area contributed by atoms with Crippen molar-refractivity contribution in [1.29, 1.82) is 0 Å². The zero-order valence-corrected chi connectivity index (χ0v) is 20.1. The minimum absolute atomic E-state index is 0.0115. The molecule has 182 valence electrons. The van der Waals surface area contributed by atoms with Crippen LogP contribution in [0.15, 0.2) is 100 Å². The number of sulfonamides is 2. The molecule has 4 rings (SSSR count). The highest BCUT2D eigenvalue weighted by Crippen LogP contribution is 2.25. The van der Waals surface area contributed by atoms with Gasteiger partial charge >= 0.3 is 0 Å². The van der Waals surface area contributed by atoms with E-state index >= 15 is 0 Å². The van der Waals surface area contributed by atoms with Gasteiger partial charge in [0.2, 0.25) is 20.0 Å². The molecule has 0 spiro atoms. The molecular formula is C23H23N5O5S2. The molecule has 1 aliphatic rings. The Morgan fingerprint density at radius 3 is 2.03 bits per heavy atom. The van der Waals surface area contributed by atoms with Gasteiger partial charge in [-0.05, 0) is 42.0 Å². The lowest BCUT2D eigenvalue weighted by Crippen LogP contribution is -2.60. The zero-order chi connectivity index (χ0) is 24.9. The molecule has 10 nitrogen and oxygen atoms in total. The maximum atomic E-state index is 13.4. The number of carbonyl (C=O) groups is 1. The second-order valence-electron chi connectivity index (χ2n) is 7.64. The Labute approximate surface area is 204 Å². The van der Waals surface area contributed by atoms with Gasteiger partial charge in [-0.1, -0.05) is 36.4 Å². The number of amides is 1. The first-order valence-electron chi connectivity index (χ1n) is 10.7. The Bertz CT molecular complexity index is 1400. The monoisotopic (exact) mass is 513 g/mol. The number of hydrazone groups is 1. The third kappa shape index (κ3) is 5.46. The molecule has 12 heteroatoms. The van der Waals surface area contributed by atoms with Crippen molar-refractivity contribution < 1.29 is 21.6 Å². The molecule has 1 atom stereocenters. The van der Waals surface area contributed by atoms with Crippen LogP contribution in [-0.4, -0.2) is 68.2 Å². The summed E-state index contributed by atoms with van der Waals surface area (Å²) in [4.78, 5) is 17.1. The second kappa shape index (κ2) is 10.4. The van der Waals surface area contributed by atoms with Crippen molar-refractivity contribution in [2.45, 2.75) is 15.8 Å². The van der Waals surface area contributed by atoms with Crippen molar-refractivity contribution in [3.8, 4) is 0 Å². The van der Waals surface area contributed by atoms with Gasteiger partial charge in [0.1, 0.15) is 6.04 Å². The molecule has 0 aliphatic carbocycles. The van der Waals surface area contributed by atoms with Crippen LogP contribution < -0.4 is 5.43 Å². The van der Waals surface area contributed by atoms with Crippen molar-refractivity contribution in [3.05, 3.63) is 90.8 Å². The summed E-state index contributed by atoms with van der Waals surface area (Å²) in [5, 5.41) is 3.91. The largest absolute Gasteiger partial charge is 0.271 e. The summed E-state index contributed by atoms with van der Waals surface area (Å²) < 4.78 is 55.2. The van der Waals surface area contributed by atoms with Gasteiger partial charge in [0.25, 0.3) is 5.91 Å². The number of hydrogen-bond acceptors (Lipinski definition) is 7. The van der Waals surface area contributed by atoms with Gasteiger partial charge in [-0.25, -0.2) is 22.3 Å². The van der Waals surface area contributed by atoms with E-state index in [4.69, 9.17) is 0 Å². The van der Waals surface area contributed by atoms with E-state index in [-0.39, 0.29) is 29.4 Å². The van der Waals surface area contributed by atoms with Crippen molar-refractivity contribution >= 4 is 32.2 Å². The van der Waals surface area contributed by atoms with Crippen LogP contribution in [0, 0.1) is 0 Å². The van der Waals surface area contributed by atoms with Crippen LogP contribution in [0.2, 0.25) is 0 Å². The van der Waals surface area contributed by atoms with Crippen molar-refractivity contribution in [2.24, 2.45) is 5.10 Å². The summed E-state index contributed by atoms with van der Waals surface area (Å²) in [5.74, 6) is -0.747. The third-order valence-corrected chi connectivity index (χ3v) is 9.22. The normalized spacial score (nSPS) is 17.9. The van der Waals surface area contributed by atoms with Crippen LogP contribution in [0.4, 0.5) is 0 Å². The minimum atomic E-state index is -4.08. The topological polar surface area (TPSA) is 129 Å². The summed E-state index contributed by atoms with van der Waals surface area (Å²) >= 11 is 0. The van der Waals surface area contributed by atoms with Crippen molar-refractivity contribution in [1.82, 2.24) is 19.0 Å². The molecule has 1 saturated heterocycles. The molecule has 1 aromatic heterocycles. The molecule has 35 heavy (non-hydrogen) atoms. The number of piperazine rings is 1. The van der Waals surface area contributed by atoms with E-state index in [2.05, 4.69) is 15.5 Å². The maximum Gasteiger partial charge on any atom is 0.259 e. The van der Waals surface area contributed by atoms with Crippen molar-refractivity contribution in [3.63, 3.8) is 0 Å². The Kier molecular flexibility index (Phi) is 7.36. The number of carbonyl (C=O) groups excluding carboxylic acids is 1. The van der Waals surface area contributed by atoms with Crippen LogP contribution in [0.5, 0.6) is 0 Å². The van der Waals surface area contributed by atoms with Crippen LogP contribution >= 0.6 is 0 Å². The van der Waals surface area contributed by atoms with Gasteiger partial charge in [0, 0.05) is 32.0 Å². The molecule has 2 heterocycles. The molecular weight excluding hydrogens is 490 g/mol. The van der Waals surface area contributed by atoms with Gasteiger partial charge in [0.05, 0.1) is 16.0 Å². The molecule has 0 radical (unpaired) electrons. The first kappa shape index (κ1) is 24.7. The SMILES string of the molecule is O=C(N/N=C\c1ccncc1)[C@H]1CN(S(=O)(=O)c2ccccc2)CCN1S(=O)(=O)c1ccccc1. The van der Waals surface area contributed by atoms with Gasteiger partial charge in [-0.15, -0.1) is 0 Å². The molecule has 1 aliphatic heterocycles.